The van der Waals surface area contributed by atoms with E-state index in [9.17, 15) is 18.3 Å². The Morgan fingerprint density at radius 3 is 2.44 bits per heavy atom. The van der Waals surface area contributed by atoms with E-state index in [-0.39, 0.29) is 16.5 Å². The molecule has 27 heavy (non-hydrogen) atoms. The van der Waals surface area contributed by atoms with Crippen LogP contribution in [0.15, 0.2) is 53.4 Å². The highest BCUT2D eigenvalue weighted by atomic mass is 32.2. The Bertz CT molecular complexity index is 867. The van der Waals surface area contributed by atoms with Crippen molar-refractivity contribution in [1.82, 2.24) is 4.72 Å². The summed E-state index contributed by atoms with van der Waals surface area (Å²) in [5, 5.41) is 12.4. The van der Waals surface area contributed by atoms with E-state index in [0.29, 0.717) is 12.2 Å². The van der Waals surface area contributed by atoms with E-state index >= 15 is 0 Å². The molecule has 0 spiro atoms. The molecule has 0 radical (unpaired) electrons. The van der Waals surface area contributed by atoms with Crippen molar-refractivity contribution >= 4 is 21.7 Å². The average Bonchev–Trinajstić information content (AvgIpc) is 2.66. The van der Waals surface area contributed by atoms with Gasteiger partial charge in [-0.05, 0) is 37.1 Å². The first-order chi connectivity index (χ1) is 12.8. The molecule has 0 aliphatic rings. The van der Waals surface area contributed by atoms with Gasteiger partial charge < -0.3 is 10.4 Å². The van der Waals surface area contributed by atoms with Gasteiger partial charge in [-0.1, -0.05) is 50.1 Å². The average molecular weight is 391 g/mol. The lowest BCUT2D eigenvalue weighted by molar-refractivity contribution is 0.0696. The van der Waals surface area contributed by atoms with Crippen LogP contribution in [0.25, 0.3) is 0 Å². The number of carboxylic acid groups (broad SMARTS) is 1. The highest BCUT2D eigenvalue weighted by molar-refractivity contribution is 7.89. The highest BCUT2D eigenvalue weighted by Crippen LogP contribution is 2.27. The Hall–Kier alpha value is -2.38. The zero-order valence-electron chi connectivity index (χ0n) is 15.6. The van der Waals surface area contributed by atoms with E-state index in [1.807, 2.05) is 44.2 Å². The molecule has 0 aliphatic carbocycles. The molecule has 2 aromatic rings. The molecule has 1 atom stereocenters. The maximum absolute atomic E-state index is 12.8. The number of anilines is 1. The molecule has 0 fully saturated rings. The number of nitrogens with one attached hydrogen (secondary N) is 2. The van der Waals surface area contributed by atoms with E-state index in [1.165, 1.54) is 18.2 Å². The Morgan fingerprint density at radius 2 is 1.81 bits per heavy atom. The number of aromatic carboxylic acids is 1. The van der Waals surface area contributed by atoms with Crippen LogP contribution in [0.2, 0.25) is 0 Å². The second kappa shape index (κ2) is 9.53. The van der Waals surface area contributed by atoms with Gasteiger partial charge in [-0.3, -0.25) is 0 Å². The van der Waals surface area contributed by atoms with Crippen molar-refractivity contribution in [3.63, 3.8) is 0 Å². The Kier molecular flexibility index (Phi) is 7.38. The van der Waals surface area contributed by atoms with Crippen LogP contribution in [0.4, 0.5) is 5.69 Å². The van der Waals surface area contributed by atoms with Crippen LogP contribution in [0.1, 0.15) is 55.1 Å². The summed E-state index contributed by atoms with van der Waals surface area (Å²) in [6.07, 6.45) is 2.64. The van der Waals surface area contributed by atoms with Crippen LogP contribution < -0.4 is 10.0 Å². The van der Waals surface area contributed by atoms with Crippen LogP contribution in [0.5, 0.6) is 0 Å². The minimum atomic E-state index is -3.83. The first-order valence-electron chi connectivity index (χ1n) is 9.03. The van der Waals surface area contributed by atoms with Crippen molar-refractivity contribution in [2.45, 2.75) is 44.0 Å². The number of hydrogen-bond acceptors (Lipinski definition) is 4. The molecule has 7 heteroatoms. The lowest BCUT2D eigenvalue weighted by Crippen LogP contribution is -2.26. The normalized spacial score (nSPS) is 12.5. The highest BCUT2D eigenvalue weighted by Gasteiger charge is 2.21. The van der Waals surface area contributed by atoms with Gasteiger partial charge in [0.2, 0.25) is 10.0 Å². The molecule has 0 unspecified atom stereocenters. The van der Waals surface area contributed by atoms with Gasteiger partial charge in [0, 0.05) is 12.6 Å². The first kappa shape index (κ1) is 20.9. The van der Waals surface area contributed by atoms with Gasteiger partial charge in [-0.15, -0.1) is 0 Å². The molecule has 2 rings (SSSR count). The SMILES string of the molecule is CCCCCNS(=O)(=O)c1cc(C(=O)O)ccc1N[C@@H](C)c1ccccc1. The quantitative estimate of drug-likeness (QED) is 0.533. The molecule has 6 nitrogen and oxygen atoms in total. The summed E-state index contributed by atoms with van der Waals surface area (Å²) in [4.78, 5) is 11.2. The van der Waals surface area contributed by atoms with Gasteiger partial charge in [0.15, 0.2) is 0 Å². The largest absolute Gasteiger partial charge is 0.478 e. The van der Waals surface area contributed by atoms with Gasteiger partial charge in [-0.25, -0.2) is 17.9 Å². The number of sulfonamides is 1. The summed E-state index contributed by atoms with van der Waals surface area (Å²) in [5.74, 6) is -1.17. The van der Waals surface area contributed by atoms with E-state index in [0.717, 1.165) is 24.8 Å². The van der Waals surface area contributed by atoms with Crippen molar-refractivity contribution < 1.29 is 18.3 Å². The maximum Gasteiger partial charge on any atom is 0.335 e. The van der Waals surface area contributed by atoms with E-state index in [2.05, 4.69) is 10.0 Å². The molecule has 0 amide bonds. The Morgan fingerprint density at radius 1 is 1.11 bits per heavy atom. The summed E-state index contributed by atoms with van der Waals surface area (Å²) in [6.45, 7) is 4.28. The first-order valence-corrected chi connectivity index (χ1v) is 10.5. The maximum atomic E-state index is 12.8. The van der Waals surface area contributed by atoms with Gasteiger partial charge in [0.25, 0.3) is 0 Å². The van der Waals surface area contributed by atoms with Gasteiger partial charge >= 0.3 is 5.97 Å². The number of carbonyl (C=O) groups is 1. The van der Waals surface area contributed by atoms with Crippen LogP contribution in [0, 0.1) is 0 Å². The predicted octanol–water partition coefficient (Wildman–Crippen LogP) is 4.03. The second-order valence-electron chi connectivity index (χ2n) is 6.40. The molecule has 2 aromatic carbocycles. The van der Waals surface area contributed by atoms with Crippen molar-refractivity contribution in [1.29, 1.82) is 0 Å². The van der Waals surface area contributed by atoms with Gasteiger partial charge in [-0.2, -0.15) is 0 Å². The fourth-order valence-corrected chi connectivity index (χ4v) is 3.98. The van der Waals surface area contributed by atoms with E-state index in [4.69, 9.17) is 0 Å². The minimum Gasteiger partial charge on any atom is -0.478 e. The molecule has 0 saturated heterocycles. The summed E-state index contributed by atoms with van der Waals surface area (Å²) >= 11 is 0. The van der Waals surface area contributed by atoms with Gasteiger partial charge in [0.1, 0.15) is 4.90 Å². The third kappa shape index (κ3) is 5.80. The lowest BCUT2D eigenvalue weighted by atomic mass is 10.1. The smallest absolute Gasteiger partial charge is 0.335 e. The Balaban J connectivity index is 2.32. The summed E-state index contributed by atoms with van der Waals surface area (Å²) in [5.41, 5.74) is 1.31. The molecule has 3 N–H and O–H groups in total. The van der Waals surface area contributed by atoms with Gasteiger partial charge in [0.05, 0.1) is 11.3 Å². The van der Waals surface area contributed by atoms with Crippen molar-refractivity contribution in [2.24, 2.45) is 0 Å². The van der Waals surface area contributed by atoms with Crippen LogP contribution in [-0.4, -0.2) is 26.0 Å². The van der Waals surface area contributed by atoms with Crippen molar-refractivity contribution in [2.75, 3.05) is 11.9 Å². The topological polar surface area (TPSA) is 95.5 Å². The molecule has 0 aliphatic heterocycles. The van der Waals surface area contributed by atoms with E-state index in [1.54, 1.807) is 0 Å². The molecule has 0 aromatic heterocycles. The minimum absolute atomic E-state index is 0.0540. The summed E-state index contributed by atoms with van der Waals surface area (Å²) in [7, 11) is -3.83. The molecule has 0 heterocycles. The number of carboxylic acids is 1. The lowest BCUT2D eigenvalue weighted by Gasteiger charge is -2.19. The third-order valence-electron chi connectivity index (χ3n) is 4.26. The molecule has 146 valence electrons. The molecule has 0 bridgehead atoms. The number of hydrogen-bond donors (Lipinski definition) is 3. The monoisotopic (exact) mass is 390 g/mol. The van der Waals surface area contributed by atoms with Crippen molar-refractivity contribution in [3.05, 3.63) is 59.7 Å². The molecular weight excluding hydrogens is 364 g/mol. The zero-order valence-corrected chi connectivity index (χ0v) is 16.4. The number of unbranched alkanes of at least 4 members (excludes halogenated alkanes) is 2. The standard InChI is InChI=1S/C20H26N2O4S/c1-3-4-8-13-21-27(25,26)19-14-17(20(23)24)11-12-18(19)22-15(2)16-9-6-5-7-10-16/h5-7,9-12,14-15,21-22H,3-4,8,13H2,1-2H3,(H,23,24)/t15-/m0/s1. The third-order valence-corrected chi connectivity index (χ3v) is 5.76. The fourth-order valence-electron chi connectivity index (χ4n) is 2.71. The zero-order chi connectivity index (χ0) is 19.9. The molecular formula is C20H26N2O4S. The fraction of sp³-hybridized carbons (Fsp3) is 0.350. The second-order valence-corrected chi connectivity index (χ2v) is 8.13. The van der Waals surface area contributed by atoms with Crippen LogP contribution in [-0.2, 0) is 10.0 Å². The van der Waals surface area contributed by atoms with E-state index < -0.39 is 16.0 Å². The summed E-state index contributed by atoms with van der Waals surface area (Å²) in [6, 6.07) is 13.6. The Labute approximate surface area is 160 Å². The van der Waals surface area contributed by atoms with Crippen molar-refractivity contribution in [3.8, 4) is 0 Å². The molecule has 0 saturated carbocycles. The number of benzene rings is 2. The van der Waals surface area contributed by atoms with Crippen LogP contribution >= 0.6 is 0 Å². The number of rotatable bonds is 10. The van der Waals surface area contributed by atoms with Crippen LogP contribution in [0.3, 0.4) is 0 Å². The predicted molar refractivity (Wildman–Crippen MR) is 107 cm³/mol. The summed E-state index contributed by atoms with van der Waals surface area (Å²) < 4.78 is 28.1.